The number of aliphatic hydroxyl groups excluding tert-OH is 1. The highest BCUT2D eigenvalue weighted by Gasteiger charge is 2.44. The fraction of sp³-hybridized carbons (Fsp3) is 0.491. The van der Waals surface area contributed by atoms with Crippen molar-refractivity contribution in [1.82, 2.24) is 39.6 Å². The monoisotopic (exact) mass is 1010 g/mol. The number of rotatable bonds is 15. The number of thiazole rings is 1. The molecular weight excluding hydrogens is 945 g/mol. The van der Waals surface area contributed by atoms with Gasteiger partial charge in [-0.05, 0) is 74.6 Å². The maximum atomic E-state index is 14.3. The summed E-state index contributed by atoms with van der Waals surface area (Å²) in [6.07, 6.45) is 9.46. The fourth-order valence-corrected chi connectivity index (χ4v) is 11.6. The molecule has 7 heterocycles. The number of phenolic OH excluding ortho intramolecular Hbond substituents is 1. The number of phenols is 1. The number of nitrogens with two attached hydrogens (primary N) is 1. The predicted octanol–water partition coefficient (Wildman–Crippen LogP) is 6.98. The fourth-order valence-electron chi connectivity index (χ4n) is 10.8. The molecule has 1 saturated carbocycles. The van der Waals surface area contributed by atoms with Gasteiger partial charge in [-0.25, -0.2) is 9.97 Å². The number of benzene rings is 2. The Morgan fingerprint density at radius 1 is 0.959 bits per heavy atom. The minimum absolute atomic E-state index is 0.0836. The second-order valence-electron chi connectivity index (χ2n) is 20.6. The number of para-hydroxylation sites is 1. The van der Waals surface area contributed by atoms with E-state index in [9.17, 15) is 19.8 Å². The summed E-state index contributed by atoms with van der Waals surface area (Å²) in [4.78, 5) is 48.9. The lowest BCUT2D eigenvalue weighted by molar-refractivity contribution is -0.141. The number of carbonyl (C=O) groups excluding carboxylic acids is 2. The van der Waals surface area contributed by atoms with Crippen molar-refractivity contribution in [3.8, 4) is 39.3 Å². The molecule has 384 valence electrons. The Bertz CT molecular complexity index is 2940. The van der Waals surface area contributed by atoms with E-state index in [4.69, 9.17) is 19.7 Å². The third-order valence-electron chi connectivity index (χ3n) is 15.1. The number of ether oxygens (including phenoxy) is 2. The van der Waals surface area contributed by atoms with Crippen LogP contribution in [0.25, 0.3) is 27.5 Å². The number of β-amino-alcohol motifs (C(OH)–C–C–N with tert-alkyl or cyclic N) is 1. The van der Waals surface area contributed by atoms with Gasteiger partial charge in [0, 0.05) is 82.6 Å². The molecule has 0 radical (unpaired) electrons. The molecule has 0 unspecified atom stereocenters. The summed E-state index contributed by atoms with van der Waals surface area (Å²) < 4.78 is 20.2. The second kappa shape index (κ2) is 22.0. The maximum Gasteiger partial charge on any atom is 0.243 e. The average Bonchev–Trinajstić information content (AvgIpc) is 4.20. The SMILES string of the molecule is Cc1ncsc1-c1ccc([C@H](C)NC(=O)[C@@H]2C[C@@H](O)CN2C(=O)[C@@H](c2cc(N3CCC(CN4CCC(OC5CC(OCC#Cc6cn7cc(-c8ccccc8O)nc7nc6N)C5)CC4)CC3)no2)C(C)C)cc1. The zero-order chi connectivity index (χ0) is 50.8. The van der Waals surface area contributed by atoms with Crippen molar-refractivity contribution in [2.24, 2.45) is 11.8 Å². The van der Waals surface area contributed by atoms with Crippen LogP contribution in [-0.4, -0.2) is 133 Å². The number of nitrogens with one attached hydrogen (secondary N) is 1. The van der Waals surface area contributed by atoms with E-state index in [1.807, 2.05) is 69.6 Å². The van der Waals surface area contributed by atoms with Crippen molar-refractivity contribution in [1.29, 1.82) is 0 Å². The molecular formula is C55H66N10O7S. The molecule has 4 atom stereocenters. The van der Waals surface area contributed by atoms with E-state index in [2.05, 4.69) is 47.1 Å². The van der Waals surface area contributed by atoms with Gasteiger partial charge in [0.2, 0.25) is 17.6 Å². The quantitative estimate of drug-likeness (QED) is 0.0766. The van der Waals surface area contributed by atoms with Crippen molar-refractivity contribution in [2.75, 3.05) is 56.5 Å². The van der Waals surface area contributed by atoms with Gasteiger partial charge in [-0.15, -0.1) is 11.3 Å². The Balaban J connectivity index is 0.634. The minimum Gasteiger partial charge on any atom is -0.507 e. The van der Waals surface area contributed by atoms with Crippen molar-refractivity contribution in [3.05, 3.63) is 95.1 Å². The molecule has 2 amide bonds. The highest BCUT2D eigenvalue weighted by molar-refractivity contribution is 7.13. The molecule has 4 aromatic heterocycles. The van der Waals surface area contributed by atoms with Crippen LogP contribution in [0, 0.1) is 30.6 Å². The molecule has 3 aliphatic heterocycles. The molecule has 6 aromatic rings. The Morgan fingerprint density at radius 2 is 1.73 bits per heavy atom. The summed E-state index contributed by atoms with van der Waals surface area (Å²) in [7, 11) is 0. The third kappa shape index (κ3) is 11.4. The van der Waals surface area contributed by atoms with Gasteiger partial charge in [0.25, 0.3) is 0 Å². The Hall–Kier alpha value is -6.36. The first kappa shape index (κ1) is 50.2. The number of likely N-dealkylation sites (tertiary alicyclic amines) is 2. The number of aryl methyl sites for hydroxylation is 1. The molecule has 4 aliphatic rings. The average molecular weight is 1010 g/mol. The van der Waals surface area contributed by atoms with E-state index in [-0.39, 0.29) is 60.8 Å². The molecule has 2 aromatic carbocycles. The van der Waals surface area contributed by atoms with Gasteiger partial charge in [-0.2, -0.15) is 4.98 Å². The van der Waals surface area contributed by atoms with E-state index in [1.54, 1.807) is 46.3 Å². The Kier molecular flexibility index (Phi) is 15.1. The van der Waals surface area contributed by atoms with Crippen LogP contribution in [0.2, 0.25) is 0 Å². The van der Waals surface area contributed by atoms with Gasteiger partial charge in [0.05, 0.1) is 57.8 Å². The Morgan fingerprint density at radius 3 is 2.45 bits per heavy atom. The summed E-state index contributed by atoms with van der Waals surface area (Å²) in [6, 6.07) is 15.9. The lowest BCUT2D eigenvalue weighted by atomic mass is 9.91. The summed E-state index contributed by atoms with van der Waals surface area (Å²) >= 11 is 1.60. The van der Waals surface area contributed by atoms with Crippen LogP contribution in [0.15, 0.2) is 77.0 Å². The smallest absolute Gasteiger partial charge is 0.243 e. The largest absolute Gasteiger partial charge is 0.507 e. The predicted molar refractivity (Wildman–Crippen MR) is 279 cm³/mol. The van der Waals surface area contributed by atoms with Gasteiger partial charge < -0.3 is 50.0 Å². The van der Waals surface area contributed by atoms with Crippen molar-refractivity contribution >= 4 is 40.6 Å². The van der Waals surface area contributed by atoms with E-state index >= 15 is 0 Å². The number of aromatic nitrogens is 5. The maximum absolute atomic E-state index is 14.3. The van der Waals surface area contributed by atoms with Gasteiger partial charge >= 0.3 is 0 Å². The van der Waals surface area contributed by atoms with Crippen LogP contribution in [0.4, 0.5) is 11.6 Å². The van der Waals surface area contributed by atoms with Crippen LogP contribution in [0.5, 0.6) is 5.75 Å². The van der Waals surface area contributed by atoms with Gasteiger partial charge in [0.15, 0.2) is 11.6 Å². The number of nitrogen functional groups attached to an aromatic ring is 1. The van der Waals surface area contributed by atoms with Crippen LogP contribution >= 0.6 is 11.3 Å². The topological polar surface area (TPSA) is 210 Å². The molecule has 17 nitrogen and oxygen atoms in total. The number of aromatic hydroxyl groups is 1. The molecule has 0 spiro atoms. The molecule has 0 bridgehead atoms. The van der Waals surface area contributed by atoms with E-state index < -0.39 is 18.1 Å². The van der Waals surface area contributed by atoms with Gasteiger partial charge in [-0.3, -0.25) is 14.0 Å². The number of piperidine rings is 2. The first-order chi connectivity index (χ1) is 35.3. The van der Waals surface area contributed by atoms with E-state index in [1.165, 1.54) is 4.90 Å². The normalized spacial score (nSPS) is 21.8. The summed E-state index contributed by atoms with van der Waals surface area (Å²) in [5.74, 6) is 7.54. The van der Waals surface area contributed by atoms with Gasteiger partial charge in [-0.1, -0.05) is 67.2 Å². The van der Waals surface area contributed by atoms with Crippen LogP contribution in [-0.2, 0) is 19.1 Å². The van der Waals surface area contributed by atoms with E-state index in [0.717, 1.165) is 98.8 Å². The molecule has 4 fully saturated rings. The first-order valence-electron chi connectivity index (χ1n) is 25.8. The number of amides is 2. The zero-order valence-electron chi connectivity index (χ0n) is 42.0. The van der Waals surface area contributed by atoms with Gasteiger partial charge in [0.1, 0.15) is 30.1 Å². The lowest BCUT2D eigenvalue weighted by Gasteiger charge is -2.41. The number of fused-ring (bicyclic) bond motifs is 1. The number of hydrogen-bond donors (Lipinski definition) is 4. The number of hydrogen-bond acceptors (Lipinski definition) is 15. The molecule has 3 saturated heterocycles. The van der Waals surface area contributed by atoms with E-state index in [0.29, 0.717) is 46.7 Å². The lowest BCUT2D eigenvalue weighted by Crippen LogP contribution is -2.48. The molecule has 10 rings (SSSR count). The third-order valence-corrected chi connectivity index (χ3v) is 16.1. The first-order valence-corrected chi connectivity index (χ1v) is 26.6. The van der Waals surface area contributed by atoms with Crippen molar-refractivity contribution in [2.45, 2.75) is 115 Å². The van der Waals surface area contributed by atoms with Crippen molar-refractivity contribution < 1.29 is 33.8 Å². The number of carbonyl (C=O) groups is 2. The minimum atomic E-state index is -0.802. The standard InChI is InChI=1S/C55H66N10O7S/c1-33(2)50(54(69)65-30-40(66)24-46(65)53(68)58-34(3)37-11-13-38(14-12-37)51-35(4)57-32-73-51)48-27-49(61-72-48)63-21-15-36(16-22-63)28-62-19-17-41(18-20-62)71-43-25-42(26-43)70-23-7-8-39-29-64-31-45(59-55(64)60-52(39)56)44-9-5-6-10-47(44)67/h5-6,9-14,27,29,31-34,36,40-43,46,50,66-67H,15-26,28,30H2,1-4H3,(H,58,68)(H2,56,59,60)/t34-,40+,42?,43?,46-,50+/m0/s1. The molecule has 5 N–H and O–H groups in total. The summed E-state index contributed by atoms with van der Waals surface area (Å²) in [5.41, 5.74) is 12.9. The molecule has 18 heteroatoms. The highest BCUT2D eigenvalue weighted by Crippen LogP contribution is 2.36. The van der Waals surface area contributed by atoms with Crippen LogP contribution in [0.3, 0.4) is 0 Å². The van der Waals surface area contributed by atoms with Crippen LogP contribution < -0.4 is 16.0 Å². The molecule has 1 aliphatic carbocycles. The zero-order valence-corrected chi connectivity index (χ0v) is 42.8. The van der Waals surface area contributed by atoms with Crippen molar-refractivity contribution in [3.63, 3.8) is 0 Å². The number of anilines is 2. The molecule has 73 heavy (non-hydrogen) atoms. The highest BCUT2D eigenvalue weighted by atomic mass is 32.1. The number of aliphatic hydroxyl groups is 1. The number of nitrogens with zero attached hydrogens (tertiary/aromatic N) is 8. The number of imidazole rings is 1. The van der Waals surface area contributed by atoms with Crippen LogP contribution in [0.1, 0.15) is 100 Å². The Labute approximate surface area is 430 Å². The summed E-state index contributed by atoms with van der Waals surface area (Å²) in [5, 5.41) is 28.6. The second-order valence-corrected chi connectivity index (χ2v) is 21.5. The summed E-state index contributed by atoms with van der Waals surface area (Å²) in [6.45, 7) is 13.1.